The van der Waals surface area contributed by atoms with E-state index in [1.54, 1.807) is 11.3 Å². The Morgan fingerprint density at radius 2 is 0.889 bits per heavy atom. The van der Waals surface area contributed by atoms with Gasteiger partial charge in [0.25, 0.3) is 0 Å². The minimum Gasteiger partial charge on any atom is -0.455 e. The van der Waals surface area contributed by atoms with Crippen LogP contribution in [0.25, 0.3) is 136 Å². The van der Waals surface area contributed by atoms with Crippen molar-refractivity contribution in [1.29, 1.82) is 0 Å². The zero-order valence-corrected chi connectivity index (χ0v) is 34.4. The van der Waals surface area contributed by atoms with E-state index in [1.807, 2.05) is 18.2 Å². The highest BCUT2D eigenvalue weighted by Gasteiger charge is 2.21. The molecular formula is C57H32N4OS. The monoisotopic (exact) mass is 820 g/mol. The van der Waals surface area contributed by atoms with Crippen LogP contribution in [0.15, 0.2) is 199 Å². The lowest BCUT2D eigenvalue weighted by atomic mass is 10.0. The third-order valence-corrected chi connectivity index (χ3v) is 13.9. The zero-order chi connectivity index (χ0) is 41.2. The molecular weight excluding hydrogens is 789 g/mol. The van der Waals surface area contributed by atoms with Crippen molar-refractivity contribution in [3.63, 3.8) is 0 Å². The summed E-state index contributed by atoms with van der Waals surface area (Å²) >= 11 is 1.79. The molecule has 0 aliphatic heterocycles. The summed E-state index contributed by atoms with van der Waals surface area (Å²) in [7, 11) is 0. The first-order valence-electron chi connectivity index (χ1n) is 21.2. The highest BCUT2D eigenvalue weighted by molar-refractivity contribution is 7.25. The minimum atomic E-state index is 0.605. The van der Waals surface area contributed by atoms with Crippen LogP contribution in [0.2, 0.25) is 0 Å². The quantitative estimate of drug-likeness (QED) is 0.177. The number of nitrogens with zero attached hydrogens (tertiary/aromatic N) is 4. The van der Waals surface area contributed by atoms with E-state index in [4.69, 9.17) is 19.4 Å². The zero-order valence-electron chi connectivity index (χ0n) is 33.6. The third-order valence-electron chi connectivity index (χ3n) is 12.8. The molecule has 0 spiro atoms. The maximum absolute atomic E-state index is 6.81. The molecule has 0 unspecified atom stereocenters. The van der Waals surface area contributed by atoms with Gasteiger partial charge in [-0.3, -0.25) is 0 Å². The van der Waals surface area contributed by atoms with Crippen LogP contribution in [0.5, 0.6) is 0 Å². The lowest BCUT2D eigenvalue weighted by Gasteiger charge is -2.13. The van der Waals surface area contributed by atoms with Gasteiger partial charge in [0.05, 0.1) is 16.7 Å². The molecule has 0 fully saturated rings. The van der Waals surface area contributed by atoms with E-state index in [0.717, 1.165) is 66.1 Å². The van der Waals surface area contributed by atoms with Gasteiger partial charge in [-0.2, -0.15) is 0 Å². The van der Waals surface area contributed by atoms with Gasteiger partial charge in [0.15, 0.2) is 17.5 Å². The highest BCUT2D eigenvalue weighted by atomic mass is 32.1. The van der Waals surface area contributed by atoms with Gasteiger partial charge in [0.1, 0.15) is 11.2 Å². The van der Waals surface area contributed by atoms with E-state index in [1.165, 1.54) is 52.5 Å². The van der Waals surface area contributed by atoms with Gasteiger partial charge in [-0.1, -0.05) is 133 Å². The molecule has 0 amide bonds. The molecule has 5 nitrogen and oxygen atoms in total. The van der Waals surface area contributed by atoms with Crippen molar-refractivity contribution >= 4 is 108 Å². The van der Waals surface area contributed by atoms with Crippen molar-refractivity contribution in [2.75, 3.05) is 0 Å². The predicted octanol–water partition coefficient (Wildman–Crippen LogP) is 15.7. The van der Waals surface area contributed by atoms with Crippen molar-refractivity contribution < 1.29 is 4.42 Å². The summed E-state index contributed by atoms with van der Waals surface area (Å²) in [5.41, 5.74) is 7.87. The molecule has 0 radical (unpaired) electrons. The summed E-state index contributed by atoms with van der Waals surface area (Å²) in [6, 6.07) is 69.3. The van der Waals surface area contributed by atoms with E-state index >= 15 is 0 Å². The molecule has 0 atom stereocenters. The van der Waals surface area contributed by atoms with Crippen LogP contribution in [0.4, 0.5) is 0 Å². The highest BCUT2D eigenvalue weighted by Crippen LogP contribution is 2.43. The molecule has 0 aliphatic rings. The second-order valence-electron chi connectivity index (χ2n) is 16.4. The molecule has 63 heavy (non-hydrogen) atoms. The molecule has 0 saturated heterocycles. The van der Waals surface area contributed by atoms with Crippen molar-refractivity contribution in [2.24, 2.45) is 0 Å². The Bertz CT molecular complexity index is 4130. The lowest BCUT2D eigenvalue weighted by molar-refractivity contribution is 0.672. The van der Waals surface area contributed by atoms with Crippen molar-refractivity contribution in [3.8, 4) is 39.9 Å². The summed E-state index contributed by atoms with van der Waals surface area (Å²) < 4.78 is 11.7. The number of aromatic nitrogens is 4. The van der Waals surface area contributed by atoms with Gasteiger partial charge in [-0.15, -0.1) is 11.3 Å². The topological polar surface area (TPSA) is 56.7 Å². The van der Waals surface area contributed by atoms with E-state index < -0.39 is 0 Å². The maximum Gasteiger partial charge on any atom is 0.164 e. The number of hydrogen-bond donors (Lipinski definition) is 0. The van der Waals surface area contributed by atoms with E-state index in [2.05, 4.69) is 180 Å². The fraction of sp³-hybridized carbons (Fsp3) is 0. The predicted molar refractivity (Wildman–Crippen MR) is 263 cm³/mol. The van der Waals surface area contributed by atoms with Gasteiger partial charge in [0, 0.05) is 69.2 Å². The van der Waals surface area contributed by atoms with Gasteiger partial charge >= 0.3 is 0 Å². The molecule has 0 bridgehead atoms. The molecule has 14 rings (SSSR count). The Morgan fingerprint density at radius 1 is 0.349 bits per heavy atom. The van der Waals surface area contributed by atoms with Crippen LogP contribution < -0.4 is 0 Å². The van der Waals surface area contributed by atoms with Crippen LogP contribution in [0.3, 0.4) is 0 Å². The normalized spacial score (nSPS) is 12.1. The summed E-state index contributed by atoms with van der Waals surface area (Å²) in [6.45, 7) is 0. The average Bonchev–Trinajstić information content (AvgIpc) is 4.01. The third kappa shape index (κ3) is 5.25. The number of furan rings is 1. The summed E-state index contributed by atoms with van der Waals surface area (Å²) in [6.07, 6.45) is 0. The summed E-state index contributed by atoms with van der Waals surface area (Å²) in [4.78, 5) is 15.4. The molecule has 0 saturated carbocycles. The Morgan fingerprint density at radius 3 is 1.59 bits per heavy atom. The van der Waals surface area contributed by atoms with Crippen molar-refractivity contribution in [1.82, 2.24) is 19.5 Å². The van der Waals surface area contributed by atoms with Crippen molar-refractivity contribution in [3.05, 3.63) is 194 Å². The molecule has 10 aromatic carbocycles. The second-order valence-corrected chi connectivity index (χ2v) is 17.5. The fourth-order valence-corrected chi connectivity index (χ4v) is 10.9. The molecule has 292 valence electrons. The molecule has 0 aliphatic carbocycles. The first-order chi connectivity index (χ1) is 31.2. The van der Waals surface area contributed by atoms with E-state index in [9.17, 15) is 0 Å². The average molecular weight is 821 g/mol. The summed E-state index contributed by atoms with van der Waals surface area (Å²) in [5, 5.41) is 14.0. The van der Waals surface area contributed by atoms with Gasteiger partial charge < -0.3 is 8.98 Å². The first kappa shape index (κ1) is 34.5. The smallest absolute Gasteiger partial charge is 0.164 e. The van der Waals surface area contributed by atoms with Crippen LogP contribution in [0.1, 0.15) is 0 Å². The number of hydrogen-bond acceptors (Lipinski definition) is 5. The SMILES string of the molecule is c1ccc(-c2nc(-c3ccc4c(c3)sc3ccccc34)nc(-c3ccc4oc5c6ccccc6c(-n6c7cc8ccccc8cc7c7cc8ccccc8cc76)cc5c4c3)n2)cc1. The number of benzene rings is 10. The molecule has 4 heterocycles. The maximum atomic E-state index is 6.81. The largest absolute Gasteiger partial charge is 0.455 e. The number of thiophene rings is 1. The van der Waals surface area contributed by atoms with E-state index in [0.29, 0.717) is 17.5 Å². The second kappa shape index (κ2) is 13.2. The van der Waals surface area contributed by atoms with Crippen LogP contribution in [-0.4, -0.2) is 19.5 Å². The van der Waals surface area contributed by atoms with Crippen LogP contribution in [-0.2, 0) is 0 Å². The molecule has 14 aromatic rings. The Balaban J connectivity index is 1.01. The molecule has 0 N–H and O–H groups in total. The Kier molecular flexibility index (Phi) is 7.21. The first-order valence-corrected chi connectivity index (χ1v) is 22.0. The fourth-order valence-electron chi connectivity index (χ4n) is 9.77. The molecule has 6 heteroatoms. The van der Waals surface area contributed by atoms with Crippen LogP contribution >= 0.6 is 11.3 Å². The van der Waals surface area contributed by atoms with E-state index in [-0.39, 0.29) is 0 Å². The summed E-state index contributed by atoms with van der Waals surface area (Å²) in [5.74, 6) is 1.87. The van der Waals surface area contributed by atoms with Gasteiger partial charge in [-0.25, -0.2) is 15.0 Å². The van der Waals surface area contributed by atoms with Crippen molar-refractivity contribution in [2.45, 2.75) is 0 Å². The van der Waals surface area contributed by atoms with Crippen LogP contribution in [0, 0.1) is 0 Å². The number of fused-ring (bicyclic) bond motifs is 13. The molecule has 4 aromatic heterocycles. The Hall–Kier alpha value is -8.19. The minimum absolute atomic E-state index is 0.605. The standard InChI is InChI=1S/C57H32N4OS/c1-2-12-33(13-3-1)55-58-56(60-57(59-55)39-22-24-42-41-19-10-11-21-52(41)63-53(42)31-39)38-23-25-51-46(28-38)47-32-50(40-18-8-9-20-43(40)54(47)62-51)61-48-29-36-16-6-4-14-34(36)26-44(48)45-27-35-15-5-7-17-37(35)30-49(45)61/h1-32H. The lowest BCUT2D eigenvalue weighted by Crippen LogP contribution is -2.00. The van der Waals surface area contributed by atoms with Gasteiger partial charge in [-0.05, 0) is 82.2 Å². The number of rotatable bonds is 4. The Labute approximate surface area is 363 Å². The van der Waals surface area contributed by atoms with Gasteiger partial charge in [0.2, 0.25) is 0 Å².